The molecule has 0 saturated carbocycles. The lowest BCUT2D eigenvalue weighted by atomic mass is 9.88. The predicted molar refractivity (Wildman–Crippen MR) is 98.0 cm³/mol. The van der Waals surface area contributed by atoms with Crippen molar-refractivity contribution in [1.29, 1.82) is 0 Å². The van der Waals surface area contributed by atoms with Crippen molar-refractivity contribution in [3.05, 3.63) is 35.9 Å². The van der Waals surface area contributed by atoms with E-state index in [0.29, 0.717) is 19.6 Å². The van der Waals surface area contributed by atoms with Gasteiger partial charge in [0.05, 0.1) is 6.10 Å². The molecule has 2 unspecified atom stereocenters. The molecule has 4 atom stereocenters. The quantitative estimate of drug-likeness (QED) is 0.579. The Morgan fingerprint density at radius 3 is 2.65 bits per heavy atom. The molecule has 1 aromatic rings. The van der Waals surface area contributed by atoms with Gasteiger partial charge >= 0.3 is 0 Å². The zero-order valence-corrected chi connectivity index (χ0v) is 15.4. The van der Waals surface area contributed by atoms with Gasteiger partial charge in [0.1, 0.15) is 11.6 Å². The molecule has 3 rings (SSSR count). The van der Waals surface area contributed by atoms with Crippen LogP contribution < -0.4 is 11.1 Å². The van der Waals surface area contributed by atoms with E-state index >= 15 is 0 Å². The highest BCUT2D eigenvalue weighted by atomic mass is 16.3. The monoisotopic (exact) mass is 360 g/mol. The number of amides is 2. The normalized spacial score (nSPS) is 28.0. The van der Waals surface area contributed by atoms with Crippen molar-refractivity contribution >= 4 is 11.8 Å². The number of carbonyl (C=O) groups is 2. The van der Waals surface area contributed by atoms with Gasteiger partial charge in [-0.15, -0.1) is 0 Å². The summed E-state index contributed by atoms with van der Waals surface area (Å²) >= 11 is 0. The van der Waals surface area contributed by atoms with E-state index < -0.39 is 23.6 Å². The number of likely N-dealkylation sites (tertiary alicyclic amines) is 1. The molecule has 2 saturated heterocycles. The highest BCUT2D eigenvalue weighted by molar-refractivity contribution is 5.93. The number of aliphatic hydroxyl groups excluding tert-OH is 1. The summed E-state index contributed by atoms with van der Waals surface area (Å²) in [5.41, 5.74) is 6.17. The van der Waals surface area contributed by atoms with E-state index in [0.717, 1.165) is 18.4 Å². The molecule has 0 bridgehead atoms. The van der Waals surface area contributed by atoms with Gasteiger partial charge in [-0.05, 0) is 32.4 Å². The van der Waals surface area contributed by atoms with Crippen molar-refractivity contribution in [2.45, 2.75) is 50.0 Å². The molecule has 0 aliphatic carbocycles. The SMILES string of the molecule is C[C@@H](O)[C@@H](C(N)=O)N(C)CC1CCC2(CNC2=O)N1Cc1ccccc1. The summed E-state index contributed by atoms with van der Waals surface area (Å²) in [6.07, 6.45) is 0.832. The van der Waals surface area contributed by atoms with Gasteiger partial charge in [0.25, 0.3) is 0 Å². The highest BCUT2D eigenvalue weighted by Gasteiger charge is 2.56. The second kappa shape index (κ2) is 7.34. The molecule has 4 N–H and O–H groups in total. The lowest BCUT2D eigenvalue weighted by molar-refractivity contribution is -0.143. The minimum absolute atomic E-state index is 0.0839. The minimum atomic E-state index is -0.845. The molecule has 26 heavy (non-hydrogen) atoms. The van der Waals surface area contributed by atoms with Crippen molar-refractivity contribution in [1.82, 2.24) is 15.1 Å². The van der Waals surface area contributed by atoms with Crippen molar-refractivity contribution in [3.63, 3.8) is 0 Å². The van der Waals surface area contributed by atoms with Crippen molar-refractivity contribution < 1.29 is 14.7 Å². The zero-order valence-electron chi connectivity index (χ0n) is 15.4. The first-order valence-electron chi connectivity index (χ1n) is 9.12. The summed E-state index contributed by atoms with van der Waals surface area (Å²) in [4.78, 5) is 28.1. The molecule has 0 aromatic heterocycles. The fourth-order valence-electron chi connectivity index (χ4n) is 4.37. The van der Waals surface area contributed by atoms with Crippen LogP contribution in [0.15, 0.2) is 30.3 Å². The third-order valence-corrected chi connectivity index (χ3v) is 5.76. The average Bonchev–Trinajstić information content (AvgIpc) is 2.94. The van der Waals surface area contributed by atoms with Crippen molar-refractivity contribution in [2.75, 3.05) is 20.1 Å². The van der Waals surface area contributed by atoms with Crippen LogP contribution in [0.25, 0.3) is 0 Å². The van der Waals surface area contributed by atoms with Gasteiger partial charge in [-0.2, -0.15) is 0 Å². The predicted octanol–water partition coefficient (Wildman–Crippen LogP) is -0.314. The molecule has 142 valence electrons. The molecule has 2 fully saturated rings. The number of aliphatic hydroxyl groups is 1. The highest BCUT2D eigenvalue weighted by Crippen LogP contribution is 2.39. The summed E-state index contributed by atoms with van der Waals surface area (Å²) < 4.78 is 0. The number of nitrogens with zero attached hydrogens (tertiary/aromatic N) is 2. The molecule has 0 radical (unpaired) electrons. The number of rotatable bonds is 7. The Bertz CT molecular complexity index is 666. The lowest BCUT2D eigenvalue weighted by Gasteiger charge is -2.47. The number of benzene rings is 1. The van der Waals surface area contributed by atoms with Crippen LogP contribution in [0, 0.1) is 0 Å². The fourth-order valence-corrected chi connectivity index (χ4v) is 4.37. The first-order chi connectivity index (χ1) is 12.3. The van der Waals surface area contributed by atoms with E-state index in [2.05, 4.69) is 22.3 Å². The van der Waals surface area contributed by atoms with E-state index in [1.54, 1.807) is 14.0 Å². The number of nitrogens with one attached hydrogen (secondary N) is 1. The third kappa shape index (κ3) is 3.34. The van der Waals surface area contributed by atoms with Gasteiger partial charge in [-0.25, -0.2) is 0 Å². The average molecular weight is 360 g/mol. The topological polar surface area (TPSA) is 98.9 Å². The first-order valence-corrected chi connectivity index (χ1v) is 9.12. The van der Waals surface area contributed by atoms with Crippen LogP contribution in [0.2, 0.25) is 0 Å². The van der Waals surface area contributed by atoms with E-state index in [1.807, 2.05) is 23.1 Å². The lowest BCUT2D eigenvalue weighted by Crippen LogP contribution is -2.71. The Morgan fingerprint density at radius 2 is 2.15 bits per heavy atom. The molecule has 7 heteroatoms. The number of nitrogens with two attached hydrogens (primary N) is 1. The fraction of sp³-hybridized carbons (Fsp3) is 0.579. The smallest absolute Gasteiger partial charge is 0.242 e. The van der Waals surface area contributed by atoms with Crippen molar-refractivity contribution in [3.8, 4) is 0 Å². The van der Waals surface area contributed by atoms with Crippen molar-refractivity contribution in [2.24, 2.45) is 5.73 Å². The van der Waals surface area contributed by atoms with Gasteiger partial charge in [0, 0.05) is 25.7 Å². The van der Waals surface area contributed by atoms with Gasteiger partial charge in [0.2, 0.25) is 11.8 Å². The number of hydrogen-bond acceptors (Lipinski definition) is 5. The zero-order chi connectivity index (χ0) is 18.9. The number of carbonyl (C=O) groups excluding carboxylic acids is 2. The van der Waals surface area contributed by atoms with Crippen LogP contribution >= 0.6 is 0 Å². The minimum Gasteiger partial charge on any atom is -0.391 e. The Balaban J connectivity index is 1.79. The molecule has 1 aromatic carbocycles. The number of hydrogen-bond donors (Lipinski definition) is 3. The number of β-lactam (4-membered cyclic amide) rings is 1. The van der Waals surface area contributed by atoms with Crippen LogP contribution in [-0.4, -0.2) is 70.6 Å². The summed E-state index contributed by atoms with van der Waals surface area (Å²) in [5, 5.41) is 12.8. The standard InChI is InChI=1S/C19H28N4O3/c1-13(24)16(17(20)25)22(2)11-15-8-9-19(12-21-18(19)26)23(15)10-14-6-4-3-5-7-14/h3-7,13,15-16,24H,8-12H2,1-2H3,(H2,20,25)(H,21,26)/t13-,15?,16+,19?/m1/s1. The molecule has 7 nitrogen and oxygen atoms in total. The van der Waals surface area contributed by atoms with Gasteiger partial charge in [-0.3, -0.25) is 19.4 Å². The third-order valence-electron chi connectivity index (χ3n) is 5.76. The first kappa shape index (κ1) is 18.8. The molecule has 2 heterocycles. The van der Waals surface area contributed by atoms with Crippen LogP contribution in [0.3, 0.4) is 0 Å². The van der Waals surface area contributed by atoms with Gasteiger partial charge < -0.3 is 16.2 Å². The maximum atomic E-state index is 12.4. The summed E-state index contributed by atoms with van der Waals surface area (Å²) in [5.74, 6) is -0.452. The Labute approximate surface area is 154 Å². The summed E-state index contributed by atoms with van der Waals surface area (Å²) in [7, 11) is 1.80. The molecule has 1 spiro atoms. The Hall–Kier alpha value is -1.96. The van der Waals surface area contributed by atoms with Crippen LogP contribution in [-0.2, 0) is 16.1 Å². The summed E-state index contributed by atoms with van der Waals surface area (Å²) in [6.45, 7) is 3.49. The van der Waals surface area contributed by atoms with E-state index in [1.165, 1.54) is 0 Å². The molecule has 2 aliphatic heterocycles. The molecular weight excluding hydrogens is 332 g/mol. The van der Waals surface area contributed by atoms with E-state index in [4.69, 9.17) is 5.73 Å². The van der Waals surface area contributed by atoms with E-state index in [9.17, 15) is 14.7 Å². The second-order valence-corrected chi connectivity index (χ2v) is 7.55. The van der Waals surface area contributed by atoms with Crippen LogP contribution in [0.1, 0.15) is 25.3 Å². The molecular formula is C19H28N4O3. The van der Waals surface area contributed by atoms with Crippen LogP contribution in [0.4, 0.5) is 0 Å². The van der Waals surface area contributed by atoms with Crippen LogP contribution in [0.5, 0.6) is 0 Å². The molecule has 2 aliphatic rings. The maximum Gasteiger partial charge on any atom is 0.242 e. The Kier molecular flexibility index (Phi) is 5.32. The molecule has 2 amide bonds. The van der Waals surface area contributed by atoms with Gasteiger partial charge in [-0.1, -0.05) is 30.3 Å². The Morgan fingerprint density at radius 1 is 1.46 bits per heavy atom. The number of primary amides is 1. The van der Waals surface area contributed by atoms with Gasteiger partial charge in [0.15, 0.2) is 0 Å². The number of likely N-dealkylation sites (N-methyl/N-ethyl adjacent to an activating group) is 1. The largest absolute Gasteiger partial charge is 0.391 e. The maximum absolute atomic E-state index is 12.4. The summed E-state index contributed by atoms with van der Waals surface area (Å²) in [6, 6.07) is 9.47. The van der Waals surface area contributed by atoms with E-state index in [-0.39, 0.29) is 11.9 Å². The second-order valence-electron chi connectivity index (χ2n) is 7.55.